The third-order valence-electron chi connectivity index (χ3n) is 5.16. The smallest absolute Gasteiger partial charge is 0.125 e. The minimum atomic E-state index is -0.236. The van der Waals surface area contributed by atoms with Crippen LogP contribution < -0.4 is 5.32 Å². The first kappa shape index (κ1) is 19.2. The average Bonchev–Trinajstić information content (AvgIpc) is 3.29. The molecule has 2 heterocycles. The number of aryl methyl sites for hydroxylation is 1. The number of halogens is 1. The molecule has 0 aliphatic rings. The van der Waals surface area contributed by atoms with Crippen LogP contribution in [0.3, 0.4) is 0 Å². The first-order valence-corrected chi connectivity index (χ1v) is 9.80. The molecule has 4 rings (SSSR count). The van der Waals surface area contributed by atoms with E-state index in [0.717, 1.165) is 64.7 Å². The molecule has 0 aliphatic heterocycles. The molecule has 0 atom stereocenters. The summed E-state index contributed by atoms with van der Waals surface area (Å²) in [6.07, 6.45) is 4.66. The third kappa shape index (κ3) is 4.17. The van der Waals surface area contributed by atoms with Gasteiger partial charge in [0.2, 0.25) is 0 Å². The Hall–Kier alpha value is -3.12. The van der Waals surface area contributed by atoms with Crippen LogP contribution in [0, 0.1) is 5.82 Å². The van der Waals surface area contributed by atoms with Gasteiger partial charge in [-0.3, -0.25) is 4.68 Å². The monoisotopic (exact) mass is 391 g/mol. The number of aromatic amines is 1. The number of aromatic nitrogens is 3. The van der Waals surface area contributed by atoms with Gasteiger partial charge in [-0.1, -0.05) is 12.6 Å². The highest BCUT2D eigenvalue weighted by molar-refractivity contribution is 5.97. The second kappa shape index (κ2) is 8.09. The van der Waals surface area contributed by atoms with Crippen molar-refractivity contribution >= 4 is 21.8 Å². The van der Waals surface area contributed by atoms with Crippen molar-refractivity contribution in [1.82, 2.24) is 25.0 Å². The zero-order valence-corrected chi connectivity index (χ0v) is 16.9. The second-order valence-corrected chi connectivity index (χ2v) is 7.62. The summed E-state index contributed by atoms with van der Waals surface area (Å²) in [5.41, 5.74) is 5.08. The normalized spacial score (nSPS) is 11.6. The lowest BCUT2D eigenvalue weighted by Gasteiger charge is -2.13. The average molecular weight is 391 g/mol. The van der Waals surface area contributed by atoms with Crippen LogP contribution >= 0.6 is 0 Å². The van der Waals surface area contributed by atoms with E-state index in [1.165, 1.54) is 12.1 Å². The van der Waals surface area contributed by atoms with Gasteiger partial charge in [0.05, 0.1) is 11.7 Å². The third-order valence-corrected chi connectivity index (χ3v) is 5.16. The van der Waals surface area contributed by atoms with E-state index in [9.17, 15) is 4.39 Å². The Morgan fingerprint density at radius 2 is 2.10 bits per heavy atom. The predicted octanol–water partition coefficient (Wildman–Crippen LogP) is 4.38. The predicted molar refractivity (Wildman–Crippen MR) is 117 cm³/mol. The Balaban J connectivity index is 1.49. The van der Waals surface area contributed by atoms with Crippen molar-refractivity contribution < 1.29 is 4.39 Å². The van der Waals surface area contributed by atoms with Gasteiger partial charge in [0.15, 0.2) is 0 Å². The molecule has 29 heavy (non-hydrogen) atoms. The maximum atomic E-state index is 13.4. The highest BCUT2D eigenvalue weighted by Gasteiger charge is 2.10. The number of rotatable bonds is 8. The van der Waals surface area contributed by atoms with Crippen molar-refractivity contribution in [2.45, 2.75) is 13.0 Å². The van der Waals surface area contributed by atoms with Gasteiger partial charge in [-0.2, -0.15) is 5.10 Å². The Morgan fingerprint density at radius 3 is 2.93 bits per heavy atom. The first-order valence-electron chi connectivity index (χ1n) is 9.80. The summed E-state index contributed by atoms with van der Waals surface area (Å²) in [7, 11) is 4.12. The lowest BCUT2D eigenvalue weighted by atomic mass is 10.0. The molecule has 2 N–H and O–H groups in total. The molecular weight excluding hydrogens is 365 g/mol. The molecule has 6 heteroatoms. The van der Waals surface area contributed by atoms with Gasteiger partial charge in [0.25, 0.3) is 0 Å². The van der Waals surface area contributed by atoms with Crippen molar-refractivity contribution in [2.24, 2.45) is 0 Å². The summed E-state index contributed by atoms with van der Waals surface area (Å²) in [5, 5.41) is 10.0. The Morgan fingerprint density at radius 1 is 1.24 bits per heavy atom. The molecule has 0 radical (unpaired) electrons. The van der Waals surface area contributed by atoms with Gasteiger partial charge >= 0.3 is 0 Å². The molecular formula is C23H26FN5. The summed E-state index contributed by atoms with van der Waals surface area (Å²) >= 11 is 0. The van der Waals surface area contributed by atoms with E-state index in [1.54, 1.807) is 0 Å². The second-order valence-electron chi connectivity index (χ2n) is 7.62. The van der Waals surface area contributed by atoms with Gasteiger partial charge < -0.3 is 15.2 Å². The molecule has 0 saturated heterocycles. The zero-order valence-electron chi connectivity index (χ0n) is 16.9. The molecule has 0 aliphatic carbocycles. The fourth-order valence-electron chi connectivity index (χ4n) is 3.56. The zero-order chi connectivity index (χ0) is 20.4. The molecule has 2 aromatic carbocycles. The number of fused-ring (bicyclic) bond motifs is 2. The van der Waals surface area contributed by atoms with Crippen LogP contribution in [-0.4, -0.2) is 46.8 Å². The van der Waals surface area contributed by atoms with Gasteiger partial charge in [0, 0.05) is 59.8 Å². The first-order chi connectivity index (χ1) is 14.0. The lowest BCUT2D eigenvalue weighted by molar-refractivity contribution is 0.406. The number of nitrogens with one attached hydrogen (secondary N) is 2. The van der Waals surface area contributed by atoms with Crippen molar-refractivity contribution in [3.8, 4) is 11.1 Å². The Labute approximate surface area is 169 Å². The van der Waals surface area contributed by atoms with Crippen molar-refractivity contribution in [3.05, 3.63) is 66.9 Å². The van der Waals surface area contributed by atoms with Crippen molar-refractivity contribution in [3.63, 3.8) is 0 Å². The number of allylic oxidation sites excluding steroid dienone is 1. The van der Waals surface area contributed by atoms with E-state index in [-0.39, 0.29) is 5.82 Å². The number of hydrogen-bond acceptors (Lipinski definition) is 3. The van der Waals surface area contributed by atoms with Crippen LogP contribution in [0.25, 0.3) is 32.9 Å². The Bertz CT molecular complexity index is 1150. The molecule has 0 saturated carbocycles. The molecule has 0 fully saturated rings. The SMILES string of the molecule is C=C(CCn1ncc2cc(-c3c[nH]c4cc(F)ccc34)ccc21)NCCN(C)C. The van der Waals surface area contributed by atoms with Crippen molar-refractivity contribution in [2.75, 3.05) is 27.2 Å². The van der Waals surface area contributed by atoms with Gasteiger partial charge in [0.1, 0.15) is 5.82 Å². The molecule has 0 unspecified atom stereocenters. The van der Waals surface area contributed by atoms with E-state index in [0.29, 0.717) is 0 Å². The van der Waals surface area contributed by atoms with Crippen LogP contribution in [0.15, 0.2) is 61.1 Å². The van der Waals surface area contributed by atoms with Crippen LogP contribution in [0.5, 0.6) is 0 Å². The quantitative estimate of drug-likeness (QED) is 0.469. The number of nitrogens with zero attached hydrogens (tertiary/aromatic N) is 3. The highest BCUT2D eigenvalue weighted by Crippen LogP contribution is 2.31. The summed E-state index contributed by atoms with van der Waals surface area (Å²) in [6, 6.07) is 11.2. The summed E-state index contributed by atoms with van der Waals surface area (Å²) in [6.45, 7) is 6.77. The lowest BCUT2D eigenvalue weighted by Crippen LogP contribution is -2.26. The van der Waals surface area contributed by atoms with Gasteiger partial charge in [-0.05, 0) is 50.0 Å². The molecule has 2 aromatic heterocycles. The van der Waals surface area contributed by atoms with E-state index < -0.39 is 0 Å². The largest absolute Gasteiger partial charge is 0.387 e. The van der Waals surface area contributed by atoms with E-state index in [2.05, 4.69) is 59.2 Å². The van der Waals surface area contributed by atoms with E-state index in [4.69, 9.17) is 0 Å². The topological polar surface area (TPSA) is 48.9 Å². The number of H-pyrrole nitrogens is 1. The molecule has 0 spiro atoms. The highest BCUT2D eigenvalue weighted by atomic mass is 19.1. The standard InChI is InChI=1S/C23H26FN5/c1-16(25-9-11-28(2)3)8-10-29-23-7-4-17(12-18(23)14-27-29)21-15-26-22-13-19(24)5-6-20(21)22/h4-7,12-15,25-26H,1,8-11H2,2-3H3. The maximum Gasteiger partial charge on any atom is 0.125 e. The van der Waals surface area contributed by atoms with Crippen LogP contribution in [0.1, 0.15) is 6.42 Å². The van der Waals surface area contributed by atoms with E-state index in [1.807, 2.05) is 23.1 Å². The molecule has 150 valence electrons. The number of benzene rings is 2. The minimum Gasteiger partial charge on any atom is -0.387 e. The fourth-order valence-corrected chi connectivity index (χ4v) is 3.56. The summed E-state index contributed by atoms with van der Waals surface area (Å²) in [4.78, 5) is 5.30. The van der Waals surface area contributed by atoms with Crippen molar-refractivity contribution in [1.29, 1.82) is 0 Å². The molecule has 0 bridgehead atoms. The maximum absolute atomic E-state index is 13.4. The summed E-state index contributed by atoms with van der Waals surface area (Å²) in [5.74, 6) is -0.236. The molecule has 4 aromatic rings. The van der Waals surface area contributed by atoms with Crippen LogP contribution in [-0.2, 0) is 6.54 Å². The van der Waals surface area contributed by atoms with E-state index >= 15 is 0 Å². The van der Waals surface area contributed by atoms with Crippen LogP contribution in [0.2, 0.25) is 0 Å². The molecule has 5 nitrogen and oxygen atoms in total. The Kier molecular flexibility index (Phi) is 5.36. The number of hydrogen-bond donors (Lipinski definition) is 2. The summed E-state index contributed by atoms with van der Waals surface area (Å²) < 4.78 is 15.5. The molecule has 0 amide bonds. The van der Waals surface area contributed by atoms with Crippen LogP contribution in [0.4, 0.5) is 4.39 Å². The number of likely N-dealkylation sites (N-methyl/N-ethyl adjacent to an activating group) is 1. The fraction of sp³-hybridized carbons (Fsp3) is 0.261. The minimum absolute atomic E-state index is 0.236. The van der Waals surface area contributed by atoms with Gasteiger partial charge in [-0.15, -0.1) is 0 Å². The van der Waals surface area contributed by atoms with Gasteiger partial charge in [-0.25, -0.2) is 4.39 Å².